The smallest absolute Gasteiger partial charge is 0.287 e. The van der Waals surface area contributed by atoms with Gasteiger partial charge in [0.15, 0.2) is 5.76 Å². The Hall–Kier alpha value is -1.78. The van der Waals surface area contributed by atoms with Gasteiger partial charge >= 0.3 is 0 Å². The first kappa shape index (κ1) is 15.7. The number of carbonyl (C=O) groups is 1. The molecule has 126 valence electrons. The van der Waals surface area contributed by atoms with E-state index in [4.69, 9.17) is 16.0 Å². The average molecular weight is 345 g/mol. The fourth-order valence-corrected chi connectivity index (χ4v) is 4.19. The van der Waals surface area contributed by atoms with E-state index in [1.807, 2.05) is 24.3 Å². The van der Waals surface area contributed by atoms with Gasteiger partial charge in [0.05, 0.1) is 5.02 Å². The summed E-state index contributed by atoms with van der Waals surface area (Å²) in [5, 5.41) is 3.78. The van der Waals surface area contributed by atoms with Crippen LogP contribution in [0.25, 0.3) is 11.3 Å². The highest BCUT2D eigenvalue weighted by Crippen LogP contribution is 2.32. The molecule has 3 aliphatic heterocycles. The molecule has 24 heavy (non-hydrogen) atoms. The Morgan fingerprint density at radius 2 is 2.12 bits per heavy atom. The highest BCUT2D eigenvalue weighted by Gasteiger charge is 2.39. The zero-order valence-corrected chi connectivity index (χ0v) is 14.4. The van der Waals surface area contributed by atoms with E-state index in [0.29, 0.717) is 28.5 Å². The van der Waals surface area contributed by atoms with E-state index in [1.54, 1.807) is 12.1 Å². The van der Waals surface area contributed by atoms with Crippen LogP contribution in [0.4, 0.5) is 0 Å². The van der Waals surface area contributed by atoms with E-state index in [1.165, 1.54) is 0 Å². The van der Waals surface area contributed by atoms with Crippen LogP contribution in [0.15, 0.2) is 40.8 Å². The van der Waals surface area contributed by atoms with Gasteiger partial charge in [0, 0.05) is 24.2 Å². The molecule has 0 spiro atoms. The number of benzene rings is 1. The lowest BCUT2D eigenvalue weighted by atomic mass is 9.80. The average Bonchev–Trinajstić information content (AvgIpc) is 3.06. The highest BCUT2D eigenvalue weighted by molar-refractivity contribution is 6.33. The minimum Gasteiger partial charge on any atom is -0.451 e. The summed E-state index contributed by atoms with van der Waals surface area (Å²) in [5.74, 6) is 1.40. The second kappa shape index (κ2) is 6.26. The van der Waals surface area contributed by atoms with Crippen LogP contribution in [-0.2, 0) is 0 Å². The van der Waals surface area contributed by atoms with Crippen molar-refractivity contribution in [2.45, 2.75) is 31.8 Å². The summed E-state index contributed by atoms with van der Waals surface area (Å²) in [6.07, 6.45) is 2.33. The second-order valence-corrected chi connectivity index (χ2v) is 7.26. The van der Waals surface area contributed by atoms with Crippen LogP contribution in [0, 0.1) is 5.92 Å². The topological polar surface area (TPSA) is 45.5 Å². The minimum atomic E-state index is -0.139. The Bertz CT molecular complexity index is 757. The molecule has 2 bridgehead atoms. The summed E-state index contributed by atoms with van der Waals surface area (Å²) >= 11 is 6.19. The second-order valence-electron chi connectivity index (χ2n) is 6.85. The van der Waals surface area contributed by atoms with Crippen LogP contribution >= 0.6 is 11.6 Å². The van der Waals surface area contributed by atoms with Crippen molar-refractivity contribution in [1.29, 1.82) is 0 Å². The fourth-order valence-electron chi connectivity index (χ4n) is 3.96. The zero-order chi connectivity index (χ0) is 16.7. The molecule has 1 amide bonds. The third kappa shape index (κ3) is 2.85. The van der Waals surface area contributed by atoms with Crippen molar-refractivity contribution in [3.8, 4) is 11.3 Å². The standard InChI is InChI=1S/C19H21ClN2O2/c1-12-10-13-8-9-22(12)11-16(13)21-19(23)18-7-6-17(24-18)14-4-2-3-5-15(14)20/h2-7,12-13,16H,8-11H2,1H3,(H,21,23)/t12?,13?,16-/m0/s1. The molecule has 0 radical (unpaired) electrons. The maximum Gasteiger partial charge on any atom is 0.287 e. The van der Waals surface area contributed by atoms with Crippen molar-refractivity contribution in [2.24, 2.45) is 5.92 Å². The summed E-state index contributed by atoms with van der Waals surface area (Å²) in [4.78, 5) is 15.0. The van der Waals surface area contributed by atoms with E-state index in [-0.39, 0.29) is 11.9 Å². The molecule has 1 aromatic heterocycles. The van der Waals surface area contributed by atoms with Crippen LogP contribution in [0.5, 0.6) is 0 Å². The van der Waals surface area contributed by atoms with E-state index >= 15 is 0 Å². The Morgan fingerprint density at radius 3 is 2.83 bits per heavy atom. The van der Waals surface area contributed by atoms with Crippen molar-refractivity contribution < 1.29 is 9.21 Å². The van der Waals surface area contributed by atoms with Gasteiger partial charge in [-0.15, -0.1) is 0 Å². The zero-order valence-electron chi connectivity index (χ0n) is 13.7. The van der Waals surface area contributed by atoms with Gasteiger partial charge in [-0.1, -0.05) is 23.7 Å². The molecule has 4 nitrogen and oxygen atoms in total. The third-order valence-electron chi connectivity index (χ3n) is 5.34. The normalized spacial score (nSPS) is 28.8. The van der Waals surface area contributed by atoms with Crippen molar-refractivity contribution >= 4 is 17.5 Å². The Morgan fingerprint density at radius 1 is 1.29 bits per heavy atom. The largest absolute Gasteiger partial charge is 0.451 e. The predicted molar refractivity (Wildman–Crippen MR) is 94.2 cm³/mol. The van der Waals surface area contributed by atoms with Crippen LogP contribution in [0.2, 0.25) is 5.02 Å². The van der Waals surface area contributed by atoms with Crippen LogP contribution < -0.4 is 5.32 Å². The molecule has 3 fully saturated rings. The lowest BCUT2D eigenvalue weighted by Crippen LogP contribution is -2.60. The summed E-state index contributed by atoms with van der Waals surface area (Å²) in [6, 6.07) is 11.8. The number of halogens is 1. The maximum absolute atomic E-state index is 12.5. The number of hydrogen-bond acceptors (Lipinski definition) is 3. The molecule has 1 N–H and O–H groups in total. The maximum atomic E-state index is 12.5. The number of amides is 1. The quantitative estimate of drug-likeness (QED) is 0.920. The molecule has 5 rings (SSSR count). The first-order valence-electron chi connectivity index (χ1n) is 8.51. The van der Waals surface area contributed by atoms with Crippen LogP contribution in [-0.4, -0.2) is 36.0 Å². The van der Waals surface area contributed by atoms with Crippen molar-refractivity contribution in [3.63, 3.8) is 0 Å². The number of piperidine rings is 3. The van der Waals surface area contributed by atoms with E-state index < -0.39 is 0 Å². The number of rotatable bonds is 3. The van der Waals surface area contributed by atoms with Crippen molar-refractivity contribution in [1.82, 2.24) is 10.2 Å². The Balaban J connectivity index is 1.47. The summed E-state index contributed by atoms with van der Waals surface area (Å²) in [6.45, 7) is 4.36. The molecule has 2 aromatic rings. The molecule has 4 heterocycles. The monoisotopic (exact) mass is 344 g/mol. The van der Waals surface area contributed by atoms with Crippen molar-refractivity contribution in [3.05, 3.63) is 47.2 Å². The molecule has 1 aromatic carbocycles. The Kier molecular flexibility index (Phi) is 4.10. The van der Waals surface area contributed by atoms with Crippen molar-refractivity contribution in [2.75, 3.05) is 13.1 Å². The molecule has 3 aliphatic rings. The van der Waals surface area contributed by atoms with E-state index in [9.17, 15) is 4.79 Å². The van der Waals surface area contributed by atoms with Gasteiger partial charge in [-0.2, -0.15) is 0 Å². The minimum absolute atomic E-state index is 0.139. The SMILES string of the molecule is CC1CC2CCN1C[C@@H]2NC(=O)c1ccc(-c2ccccc2Cl)o1. The highest BCUT2D eigenvalue weighted by atomic mass is 35.5. The summed E-state index contributed by atoms with van der Waals surface area (Å²) in [5.41, 5.74) is 0.801. The number of hydrogen-bond donors (Lipinski definition) is 1. The van der Waals surface area contributed by atoms with Crippen LogP contribution in [0.1, 0.15) is 30.3 Å². The lowest BCUT2D eigenvalue weighted by Gasteiger charge is -2.48. The number of nitrogens with zero attached hydrogens (tertiary/aromatic N) is 1. The fraction of sp³-hybridized carbons (Fsp3) is 0.421. The first-order chi connectivity index (χ1) is 11.6. The number of nitrogens with one attached hydrogen (secondary N) is 1. The van der Waals surface area contributed by atoms with Gasteiger partial charge in [0.1, 0.15) is 5.76 Å². The van der Waals surface area contributed by atoms with Gasteiger partial charge in [0.2, 0.25) is 0 Å². The van der Waals surface area contributed by atoms with E-state index in [0.717, 1.165) is 31.5 Å². The van der Waals surface area contributed by atoms with Gasteiger partial charge in [-0.05, 0) is 56.5 Å². The molecular formula is C19H21ClN2O2. The molecule has 3 saturated heterocycles. The lowest BCUT2D eigenvalue weighted by molar-refractivity contribution is 0.0269. The third-order valence-corrected chi connectivity index (χ3v) is 5.67. The van der Waals surface area contributed by atoms with Gasteiger partial charge in [-0.25, -0.2) is 0 Å². The predicted octanol–water partition coefficient (Wildman–Crippen LogP) is 3.81. The number of fused-ring (bicyclic) bond motifs is 3. The molecule has 0 saturated carbocycles. The van der Waals surface area contributed by atoms with Gasteiger partial charge in [0.25, 0.3) is 5.91 Å². The first-order valence-corrected chi connectivity index (χ1v) is 8.89. The van der Waals surface area contributed by atoms with Gasteiger partial charge < -0.3 is 9.73 Å². The number of furan rings is 1. The molecule has 4 atom stereocenters. The summed E-state index contributed by atoms with van der Waals surface area (Å²) < 4.78 is 5.74. The molecule has 3 unspecified atom stereocenters. The molecule has 0 aliphatic carbocycles. The summed E-state index contributed by atoms with van der Waals surface area (Å²) in [7, 11) is 0. The van der Waals surface area contributed by atoms with Gasteiger partial charge in [-0.3, -0.25) is 9.69 Å². The Labute approximate surface area is 146 Å². The molecular weight excluding hydrogens is 324 g/mol. The van der Waals surface area contributed by atoms with E-state index in [2.05, 4.69) is 17.1 Å². The van der Waals surface area contributed by atoms with Crippen LogP contribution in [0.3, 0.4) is 0 Å². The molecule has 5 heteroatoms. The number of carbonyl (C=O) groups excluding carboxylic acids is 1.